The van der Waals surface area contributed by atoms with Crippen LogP contribution in [0.25, 0.3) is 0 Å². The van der Waals surface area contributed by atoms with Crippen molar-refractivity contribution in [2.24, 2.45) is 5.92 Å². The minimum Gasteiger partial charge on any atom is -0.499 e. The minimum atomic E-state index is -1.56. The highest BCUT2D eigenvalue weighted by Gasteiger charge is 2.41. The third kappa shape index (κ3) is 7.51. The molecule has 1 aliphatic rings. The Kier molecular flexibility index (Phi) is 9.39. The zero-order valence-corrected chi connectivity index (χ0v) is 18.3. The number of hydrogen-bond acceptors (Lipinski definition) is 4. The third-order valence-corrected chi connectivity index (χ3v) is 4.70. The number of halogens is 3. The fourth-order valence-corrected chi connectivity index (χ4v) is 3.25. The maximum atomic E-state index is 13.1. The lowest BCUT2D eigenvalue weighted by Crippen LogP contribution is -2.52. The number of carbonyl (C=O) groups excluding carboxylic acids is 3. The van der Waals surface area contributed by atoms with Gasteiger partial charge in [-0.2, -0.15) is 0 Å². The predicted molar refractivity (Wildman–Crippen MR) is 107 cm³/mol. The summed E-state index contributed by atoms with van der Waals surface area (Å²) < 4.78 is 3.73. The third-order valence-electron chi connectivity index (χ3n) is 4.14. The topological polar surface area (TPSA) is 75.7 Å². The Bertz CT molecular complexity index is 588. The Balaban J connectivity index is 3.05. The van der Waals surface area contributed by atoms with Crippen LogP contribution in [0, 0.1) is 5.92 Å². The normalized spacial score (nSPS) is 18.5. The van der Waals surface area contributed by atoms with Crippen molar-refractivity contribution in [2.75, 3.05) is 7.11 Å². The molecule has 0 saturated carbocycles. The zero-order valence-electron chi connectivity index (χ0n) is 16.1. The first-order valence-electron chi connectivity index (χ1n) is 8.98. The molecule has 9 heteroatoms. The molecule has 0 bridgehead atoms. The first-order valence-corrected chi connectivity index (χ1v) is 10.1. The lowest BCUT2D eigenvalue weighted by Gasteiger charge is -2.30. The van der Waals surface area contributed by atoms with Crippen LogP contribution in [0.5, 0.6) is 0 Å². The molecule has 0 aromatic carbocycles. The van der Waals surface area contributed by atoms with Gasteiger partial charge in [-0.25, -0.2) is 0 Å². The van der Waals surface area contributed by atoms with Gasteiger partial charge in [0.15, 0.2) is 3.79 Å². The molecule has 0 unspecified atom stereocenters. The van der Waals surface area contributed by atoms with Gasteiger partial charge in [-0.15, -0.1) is 0 Å². The van der Waals surface area contributed by atoms with Crippen LogP contribution >= 0.6 is 34.8 Å². The number of hydrogen-bond donors (Lipinski definition) is 1. The van der Waals surface area contributed by atoms with Crippen LogP contribution in [0.15, 0.2) is 11.8 Å². The van der Waals surface area contributed by atoms with Gasteiger partial charge in [0, 0.05) is 12.5 Å². The molecular weight excluding hydrogens is 415 g/mol. The van der Waals surface area contributed by atoms with Crippen LogP contribution in [-0.2, 0) is 19.1 Å². The number of ether oxygens (including phenoxy) is 1. The van der Waals surface area contributed by atoms with Crippen LogP contribution in [0.3, 0.4) is 0 Å². The first kappa shape index (κ1) is 24.1. The summed E-state index contributed by atoms with van der Waals surface area (Å²) in [6.07, 6.45) is 2.92. The Labute approximate surface area is 175 Å². The molecule has 0 aromatic rings. The fraction of sp³-hybridized carbons (Fsp3) is 0.722. The predicted octanol–water partition coefficient (Wildman–Crippen LogP) is 3.74. The van der Waals surface area contributed by atoms with E-state index in [4.69, 9.17) is 39.5 Å². The highest BCUT2D eigenvalue weighted by molar-refractivity contribution is 6.67. The van der Waals surface area contributed by atoms with Crippen molar-refractivity contribution in [3.63, 3.8) is 0 Å². The van der Waals surface area contributed by atoms with Gasteiger partial charge in [0.2, 0.25) is 5.91 Å². The number of carbonyl (C=O) groups is 3. The molecule has 0 aromatic heterocycles. The monoisotopic (exact) mass is 440 g/mol. The summed E-state index contributed by atoms with van der Waals surface area (Å²) in [7, 11) is 1.46. The standard InChI is InChI=1S/C18H27Cl3N2O4/c1-5-6-15(24)22-12(7-8-18(19,20)21)17(26)23-13(9-11(2)3)14(27-4)10-16(23)25/h10-13H,5-9H2,1-4H3,(H,22,24)/t12-,13+/m1/s1. The number of methoxy groups -OCH3 is 1. The average Bonchev–Trinajstić information content (AvgIpc) is 2.85. The van der Waals surface area contributed by atoms with Crippen molar-refractivity contribution in [2.45, 2.75) is 68.8 Å². The minimum absolute atomic E-state index is 0.0575. The van der Waals surface area contributed by atoms with E-state index in [9.17, 15) is 14.4 Å². The molecule has 0 saturated heterocycles. The molecule has 1 heterocycles. The van der Waals surface area contributed by atoms with Crippen LogP contribution in [0.2, 0.25) is 0 Å². The average molecular weight is 442 g/mol. The molecule has 1 N–H and O–H groups in total. The van der Waals surface area contributed by atoms with Gasteiger partial charge in [-0.1, -0.05) is 55.6 Å². The number of rotatable bonds is 9. The summed E-state index contributed by atoms with van der Waals surface area (Å²) in [5, 5.41) is 2.67. The van der Waals surface area contributed by atoms with Crippen molar-refractivity contribution < 1.29 is 19.1 Å². The molecule has 0 fully saturated rings. The Hall–Kier alpha value is -0.980. The van der Waals surface area contributed by atoms with E-state index in [-0.39, 0.29) is 31.1 Å². The number of alkyl halides is 3. The first-order chi connectivity index (χ1) is 12.5. The maximum Gasteiger partial charge on any atom is 0.257 e. The lowest BCUT2D eigenvalue weighted by molar-refractivity contribution is -0.146. The van der Waals surface area contributed by atoms with Gasteiger partial charge >= 0.3 is 0 Å². The SMILES string of the molecule is CCCC(=O)N[C@H](CCC(Cl)(Cl)Cl)C(=O)N1C(=O)C=C(OC)[C@@H]1CC(C)C. The zero-order chi connectivity index (χ0) is 20.8. The van der Waals surface area contributed by atoms with Crippen molar-refractivity contribution >= 4 is 52.5 Å². The number of nitrogens with one attached hydrogen (secondary N) is 1. The van der Waals surface area contributed by atoms with E-state index >= 15 is 0 Å². The smallest absolute Gasteiger partial charge is 0.257 e. The van der Waals surface area contributed by atoms with Gasteiger partial charge in [-0.05, 0) is 31.6 Å². The van der Waals surface area contributed by atoms with Crippen LogP contribution in [0.1, 0.15) is 52.9 Å². The van der Waals surface area contributed by atoms with Gasteiger partial charge in [0.25, 0.3) is 11.8 Å². The molecule has 0 radical (unpaired) electrons. The number of imide groups is 1. The van der Waals surface area contributed by atoms with E-state index in [2.05, 4.69) is 5.32 Å². The maximum absolute atomic E-state index is 13.1. The Morgan fingerprint density at radius 2 is 1.96 bits per heavy atom. The summed E-state index contributed by atoms with van der Waals surface area (Å²) in [6.45, 7) is 5.83. The van der Waals surface area contributed by atoms with Crippen LogP contribution in [-0.4, -0.2) is 45.6 Å². The van der Waals surface area contributed by atoms with Crippen molar-refractivity contribution in [1.82, 2.24) is 10.2 Å². The van der Waals surface area contributed by atoms with E-state index in [0.29, 0.717) is 18.6 Å². The molecule has 0 spiro atoms. The highest BCUT2D eigenvalue weighted by Crippen LogP contribution is 2.33. The molecule has 6 nitrogen and oxygen atoms in total. The van der Waals surface area contributed by atoms with E-state index in [1.807, 2.05) is 20.8 Å². The molecule has 3 amide bonds. The summed E-state index contributed by atoms with van der Waals surface area (Å²) in [4.78, 5) is 38.8. The molecule has 2 atom stereocenters. The fourth-order valence-electron chi connectivity index (χ4n) is 2.92. The summed E-state index contributed by atoms with van der Waals surface area (Å²) in [5.74, 6) is -0.614. The van der Waals surface area contributed by atoms with Crippen molar-refractivity contribution in [3.8, 4) is 0 Å². The molecule has 0 aliphatic carbocycles. The van der Waals surface area contributed by atoms with E-state index < -0.39 is 27.7 Å². The van der Waals surface area contributed by atoms with E-state index in [1.165, 1.54) is 13.2 Å². The van der Waals surface area contributed by atoms with Crippen LogP contribution < -0.4 is 5.32 Å². The molecular formula is C18H27Cl3N2O4. The van der Waals surface area contributed by atoms with Gasteiger partial charge < -0.3 is 10.1 Å². The second-order valence-corrected chi connectivity index (χ2v) is 9.48. The summed E-state index contributed by atoms with van der Waals surface area (Å²) >= 11 is 17.4. The van der Waals surface area contributed by atoms with Crippen molar-refractivity contribution in [3.05, 3.63) is 11.8 Å². The summed E-state index contributed by atoms with van der Waals surface area (Å²) in [5.41, 5.74) is 0. The Morgan fingerprint density at radius 1 is 1.33 bits per heavy atom. The van der Waals surface area contributed by atoms with Gasteiger partial charge in [-0.3, -0.25) is 19.3 Å². The Morgan fingerprint density at radius 3 is 2.44 bits per heavy atom. The number of nitrogens with zero attached hydrogens (tertiary/aromatic N) is 1. The van der Waals surface area contributed by atoms with Crippen molar-refractivity contribution in [1.29, 1.82) is 0 Å². The van der Waals surface area contributed by atoms with E-state index in [1.54, 1.807) is 0 Å². The molecule has 1 aliphatic heterocycles. The van der Waals surface area contributed by atoms with Crippen LogP contribution in [0.4, 0.5) is 0 Å². The molecule has 154 valence electrons. The highest BCUT2D eigenvalue weighted by atomic mass is 35.6. The lowest BCUT2D eigenvalue weighted by atomic mass is 10.0. The molecule has 1 rings (SSSR count). The summed E-state index contributed by atoms with van der Waals surface area (Å²) in [6, 6.07) is -1.46. The quantitative estimate of drug-likeness (QED) is 0.553. The van der Waals surface area contributed by atoms with E-state index in [0.717, 1.165) is 4.90 Å². The second-order valence-electron chi connectivity index (χ2n) is 6.97. The molecule has 27 heavy (non-hydrogen) atoms. The van der Waals surface area contributed by atoms with Gasteiger partial charge in [0.05, 0.1) is 13.2 Å². The van der Waals surface area contributed by atoms with Gasteiger partial charge in [0.1, 0.15) is 11.8 Å². The number of amides is 3. The largest absolute Gasteiger partial charge is 0.499 e. The second kappa shape index (κ2) is 10.5.